The summed E-state index contributed by atoms with van der Waals surface area (Å²) in [5.41, 5.74) is 2.12. The molecule has 108 valence electrons. The summed E-state index contributed by atoms with van der Waals surface area (Å²) in [5.74, 6) is 1.65. The summed E-state index contributed by atoms with van der Waals surface area (Å²) in [5, 5.41) is 0.756. The summed E-state index contributed by atoms with van der Waals surface area (Å²) in [7, 11) is 2.20. The molecule has 1 aliphatic rings. The molecule has 1 saturated carbocycles. The second kappa shape index (κ2) is 5.92. The molecule has 1 aliphatic carbocycles. The highest BCUT2D eigenvalue weighted by atomic mass is 35.5. The Morgan fingerprint density at radius 1 is 1.40 bits per heavy atom. The normalized spacial score (nSPS) is 15.4. The van der Waals surface area contributed by atoms with Crippen molar-refractivity contribution in [2.45, 2.75) is 31.8 Å². The number of hydrogen-bond donors (Lipinski definition) is 0. The van der Waals surface area contributed by atoms with E-state index in [-0.39, 0.29) is 0 Å². The third-order valence-corrected chi connectivity index (χ3v) is 4.38. The lowest BCUT2D eigenvalue weighted by molar-refractivity contribution is 0.309. The molecule has 1 fully saturated rings. The van der Waals surface area contributed by atoms with Crippen LogP contribution in [0.3, 0.4) is 0 Å². The zero-order valence-electron chi connectivity index (χ0n) is 11.6. The molecule has 0 N–H and O–H groups in total. The fraction of sp³-hybridized carbons (Fsp3) is 0.533. The van der Waals surface area contributed by atoms with Crippen molar-refractivity contribution in [1.29, 1.82) is 0 Å². The van der Waals surface area contributed by atoms with Crippen LogP contribution in [-0.4, -0.2) is 40.0 Å². The lowest BCUT2D eigenvalue weighted by Crippen LogP contribution is -2.25. The molecule has 0 radical (unpaired) electrons. The minimum absolute atomic E-state index is 0.593. The van der Waals surface area contributed by atoms with Crippen molar-refractivity contribution in [2.24, 2.45) is 0 Å². The Hall–Kier alpha value is -0.770. The van der Waals surface area contributed by atoms with E-state index in [1.165, 1.54) is 12.8 Å². The van der Waals surface area contributed by atoms with Gasteiger partial charge in [0.25, 0.3) is 0 Å². The highest BCUT2D eigenvalue weighted by Gasteiger charge is 2.25. The SMILES string of the molecule is CN(CCn1c(CCCl)nc2ccc(Cl)cc21)C1CC1. The number of hydrogen-bond acceptors (Lipinski definition) is 2. The Labute approximate surface area is 129 Å². The van der Waals surface area contributed by atoms with Crippen molar-refractivity contribution in [3.05, 3.63) is 29.0 Å². The average molecular weight is 312 g/mol. The molecular weight excluding hydrogens is 293 g/mol. The van der Waals surface area contributed by atoms with Crippen molar-refractivity contribution in [1.82, 2.24) is 14.5 Å². The molecule has 0 bridgehead atoms. The van der Waals surface area contributed by atoms with Crippen molar-refractivity contribution in [3.63, 3.8) is 0 Å². The maximum absolute atomic E-state index is 6.12. The van der Waals surface area contributed by atoms with E-state index in [1.54, 1.807) is 0 Å². The van der Waals surface area contributed by atoms with E-state index < -0.39 is 0 Å². The lowest BCUT2D eigenvalue weighted by atomic mass is 10.3. The molecule has 0 amide bonds. The fourth-order valence-electron chi connectivity index (χ4n) is 2.63. The summed E-state index contributed by atoms with van der Waals surface area (Å²) < 4.78 is 2.27. The third kappa shape index (κ3) is 2.95. The van der Waals surface area contributed by atoms with E-state index in [1.807, 2.05) is 18.2 Å². The van der Waals surface area contributed by atoms with Crippen LogP contribution < -0.4 is 0 Å². The average Bonchev–Trinajstić information content (AvgIpc) is 3.21. The quantitative estimate of drug-likeness (QED) is 0.761. The maximum atomic E-state index is 6.12. The number of nitrogens with zero attached hydrogens (tertiary/aromatic N) is 3. The Balaban J connectivity index is 1.88. The number of aromatic nitrogens is 2. The zero-order valence-corrected chi connectivity index (χ0v) is 13.2. The van der Waals surface area contributed by atoms with E-state index in [2.05, 4.69) is 21.5 Å². The zero-order chi connectivity index (χ0) is 14.1. The monoisotopic (exact) mass is 311 g/mol. The van der Waals surface area contributed by atoms with E-state index in [0.29, 0.717) is 5.88 Å². The topological polar surface area (TPSA) is 21.1 Å². The number of imidazole rings is 1. The molecular formula is C15H19Cl2N3. The van der Waals surface area contributed by atoms with Gasteiger partial charge in [-0.3, -0.25) is 0 Å². The number of fused-ring (bicyclic) bond motifs is 1. The maximum Gasteiger partial charge on any atom is 0.111 e. The van der Waals surface area contributed by atoms with Crippen molar-refractivity contribution < 1.29 is 0 Å². The third-order valence-electron chi connectivity index (χ3n) is 3.95. The van der Waals surface area contributed by atoms with Gasteiger partial charge in [-0.1, -0.05) is 11.6 Å². The highest BCUT2D eigenvalue weighted by Crippen LogP contribution is 2.26. The highest BCUT2D eigenvalue weighted by molar-refractivity contribution is 6.31. The van der Waals surface area contributed by atoms with Crippen molar-refractivity contribution >= 4 is 34.2 Å². The Morgan fingerprint density at radius 2 is 2.20 bits per heavy atom. The summed E-state index contributed by atoms with van der Waals surface area (Å²) >= 11 is 12.0. The standard InChI is InChI=1S/C15H19Cl2N3/c1-19(12-3-4-12)8-9-20-14-10-11(17)2-5-13(14)18-15(20)6-7-16/h2,5,10,12H,3-4,6-9H2,1H3. The van der Waals surface area contributed by atoms with E-state index in [4.69, 9.17) is 23.2 Å². The summed E-state index contributed by atoms with van der Waals surface area (Å²) in [4.78, 5) is 7.11. The van der Waals surface area contributed by atoms with Gasteiger partial charge in [-0.2, -0.15) is 0 Å². The molecule has 3 nitrogen and oxygen atoms in total. The first-order chi connectivity index (χ1) is 9.69. The largest absolute Gasteiger partial charge is 0.327 e. The molecule has 1 heterocycles. The van der Waals surface area contributed by atoms with E-state index in [9.17, 15) is 0 Å². The van der Waals surface area contributed by atoms with Crippen molar-refractivity contribution in [2.75, 3.05) is 19.5 Å². The van der Waals surface area contributed by atoms with Gasteiger partial charge in [0, 0.05) is 36.5 Å². The molecule has 3 rings (SSSR count). The van der Waals surface area contributed by atoms with Gasteiger partial charge in [-0.05, 0) is 38.1 Å². The molecule has 5 heteroatoms. The Morgan fingerprint density at radius 3 is 2.90 bits per heavy atom. The van der Waals surface area contributed by atoms with Crippen LogP contribution in [-0.2, 0) is 13.0 Å². The van der Waals surface area contributed by atoms with Crippen LogP contribution in [0, 0.1) is 0 Å². The van der Waals surface area contributed by atoms with Gasteiger partial charge in [0.1, 0.15) is 5.82 Å². The second-order valence-corrected chi connectivity index (χ2v) is 6.28. The first kappa shape index (κ1) is 14.2. The number of aryl methyl sites for hydroxylation is 1. The number of alkyl halides is 1. The second-order valence-electron chi connectivity index (χ2n) is 5.46. The smallest absolute Gasteiger partial charge is 0.111 e. The van der Waals surface area contributed by atoms with E-state index in [0.717, 1.165) is 47.4 Å². The predicted molar refractivity (Wildman–Crippen MR) is 84.8 cm³/mol. The fourth-order valence-corrected chi connectivity index (χ4v) is 2.96. The number of halogens is 2. The van der Waals surface area contributed by atoms with Crippen LogP contribution in [0.2, 0.25) is 5.02 Å². The summed E-state index contributed by atoms with van der Waals surface area (Å²) in [6.45, 7) is 1.98. The van der Waals surface area contributed by atoms with Crippen LogP contribution >= 0.6 is 23.2 Å². The molecule has 2 aromatic rings. The Bertz CT molecular complexity index is 604. The van der Waals surface area contributed by atoms with E-state index >= 15 is 0 Å². The van der Waals surface area contributed by atoms with Gasteiger partial charge < -0.3 is 9.47 Å². The predicted octanol–water partition coefficient (Wildman–Crippen LogP) is 3.57. The molecule has 1 aromatic carbocycles. The van der Waals surface area contributed by atoms with Crippen LogP contribution in [0.5, 0.6) is 0 Å². The first-order valence-electron chi connectivity index (χ1n) is 7.10. The van der Waals surface area contributed by atoms with Crippen LogP contribution in [0.1, 0.15) is 18.7 Å². The molecule has 0 aliphatic heterocycles. The molecule has 20 heavy (non-hydrogen) atoms. The molecule has 0 unspecified atom stereocenters. The summed E-state index contributed by atoms with van der Waals surface area (Å²) in [6, 6.07) is 6.65. The van der Waals surface area contributed by atoms with Crippen LogP contribution in [0.25, 0.3) is 11.0 Å². The Kier molecular flexibility index (Phi) is 4.20. The lowest BCUT2D eigenvalue weighted by Gasteiger charge is -2.17. The molecule has 1 aromatic heterocycles. The molecule has 0 atom stereocenters. The van der Waals surface area contributed by atoms with Gasteiger partial charge in [0.15, 0.2) is 0 Å². The van der Waals surface area contributed by atoms with Gasteiger partial charge in [0.05, 0.1) is 11.0 Å². The molecule has 0 saturated heterocycles. The van der Waals surface area contributed by atoms with Gasteiger partial charge in [0.2, 0.25) is 0 Å². The first-order valence-corrected chi connectivity index (χ1v) is 8.01. The molecule has 0 spiro atoms. The van der Waals surface area contributed by atoms with Gasteiger partial charge in [-0.15, -0.1) is 11.6 Å². The number of likely N-dealkylation sites (N-methyl/N-ethyl adjacent to an activating group) is 1. The number of rotatable bonds is 6. The van der Waals surface area contributed by atoms with Crippen LogP contribution in [0.4, 0.5) is 0 Å². The van der Waals surface area contributed by atoms with Gasteiger partial charge >= 0.3 is 0 Å². The van der Waals surface area contributed by atoms with Gasteiger partial charge in [-0.25, -0.2) is 4.98 Å². The minimum Gasteiger partial charge on any atom is -0.327 e. The van der Waals surface area contributed by atoms with Crippen molar-refractivity contribution in [3.8, 4) is 0 Å². The van der Waals surface area contributed by atoms with Crippen LogP contribution in [0.15, 0.2) is 18.2 Å². The minimum atomic E-state index is 0.593. The summed E-state index contributed by atoms with van der Waals surface area (Å²) in [6.07, 6.45) is 3.46. The number of benzene rings is 1.